The minimum atomic E-state index is -3.52. The molecule has 0 aromatic carbocycles. The Labute approximate surface area is 129 Å². The van der Waals surface area contributed by atoms with Crippen molar-refractivity contribution < 1.29 is 8.42 Å². The zero-order valence-electron chi connectivity index (χ0n) is 12.2. The van der Waals surface area contributed by atoms with Crippen molar-refractivity contribution >= 4 is 21.6 Å². The summed E-state index contributed by atoms with van der Waals surface area (Å²) in [4.78, 5) is 0.211. The van der Waals surface area contributed by atoms with Crippen molar-refractivity contribution in [2.24, 2.45) is 7.05 Å². The molecule has 2 aromatic heterocycles. The monoisotopic (exact) mass is 331 g/mol. The third-order valence-electron chi connectivity index (χ3n) is 3.36. The molecule has 0 aliphatic carbocycles. The summed E-state index contributed by atoms with van der Waals surface area (Å²) in [5, 5.41) is 8.67. The van der Waals surface area contributed by atoms with E-state index in [0.717, 1.165) is 5.69 Å². The predicted octanol–water partition coefficient (Wildman–Crippen LogP) is 1.26. The molecule has 1 N–H and O–H groups in total. The molecule has 0 radical (unpaired) electrons. The number of aromatic nitrogens is 4. The number of aryl methyl sites for hydroxylation is 2. The lowest BCUT2D eigenvalue weighted by molar-refractivity contribution is 0.545. The van der Waals surface area contributed by atoms with E-state index in [1.807, 2.05) is 6.92 Å². The van der Waals surface area contributed by atoms with Crippen molar-refractivity contribution in [2.75, 3.05) is 6.54 Å². The molecule has 0 spiro atoms. The van der Waals surface area contributed by atoms with Gasteiger partial charge >= 0.3 is 0 Å². The Hall–Kier alpha value is -1.38. The van der Waals surface area contributed by atoms with Crippen LogP contribution >= 0.6 is 11.6 Å². The Morgan fingerprint density at radius 1 is 1.24 bits per heavy atom. The van der Waals surface area contributed by atoms with Gasteiger partial charge in [-0.2, -0.15) is 10.2 Å². The molecule has 0 amide bonds. The average Bonchev–Trinajstić information content (AvgIpc) is 2.92. The van der Waals surface area contributed by atoms with Crippen LogP contribution in [0.5, 0.6) is 0 Å². The molecule has 116 valence electrons. The van der Waals surface area contributed by atoms with Crippen LogP contribution in [0.25, 0.3) is 0 Å². The molecule has 2 heterocycles. The van der Waals surface area contributed by atoms with Gasteiger partial charge in [0.25, 0.3) is 0 Å². The molecular weight excluding hydrogens is 314 g/mol. The van der Waals surface area contributed by atoms with E-state index in [-0.39, 0.29) is 4.90 Å². The second-order valence-corrected chi connectivity index (χ2v) is 6.91. The van der Waals surface area contributed by atoms with Gasteiger partial charge in [-0.1, -0.05) is 11.6 Å². The molecule has 0 fully saturated rings. The molecule has 0 saturated carbocycles. The second kappa shape index (κ2) is 6.17. The van der Waals surface area contributed by atoms with Crippen LogP contribution in [0.2, 0.25) is 5.02 Å². The summed E-state index contributed by atoms with van der Waals surface area (Å²) in [7, 11) is -1.81. The van der Waals surface area contributed by atoms with Gasteiger partial charge in [0.1, 0.15) is 4.90 Å². The lowest BCUT2D eigenvalue weighted by atomic mass is 10.4. The van der Waals surface area contributed by atoms with Crippen molar-refractivity contribution in [2.45, 2.75) is 31.7 Å². The first-order valence-corrected chi connectivity index (χ1v) is 8.35. The van der Waals surface area contributed by atoms with Gasteiger partial charge in [-0.3, -0.25) is 9.36 Å². The maximum absolute atomic E-state index is 12.1. The minimum Gasteiger partial charge on any atom is -0.272 e. The first-order valence-electron chi connectivity index (χ1n) is 6.49. The van der Waals surface area contributed by atoms with Crippen molar-refractivity contribution in [1.29, 1.82) is 0 Å². The van der Waals surface area contributed by atoms with Crippen molar-refractivity contribution in [3.8, 4) is 0 Å². The fourth-order valence-corrected chi connectivity index (χ4v) is 3.32. The van der Waals surface area contributed by atoms with Gasteiger partial charge in [0.15, 0.2) is 0 Å². The van der Waals surface area contributed by atoms with E-state index >= 15 is 0 Å². The first kappa shape index (κ1) is 16.0. The van der Waals surface area contributed by atoms with E-state index in [0.29, 0.717) is 30.2 Å². The molecular formula is C12H18ClN5O2S. The Balaban J connectivity index is 1.91. The number of hydrogen-bond donors (Lipinski definition) is 1. The molecule has 0 unspecified atom stereocenters. The first-order chi connectivity index (χ1) is 9.83. The van der Waals surface area contributed by atoms with E-state index < -0.39 is 10.0 Å². The number of hydrogen-bond acceptors (Lipinski definition) is 4. The molecule has 21 heavy (non-hydrogen) atoms. The maximum Gasteiger partial charge on any atom is 0.243 e. The van der Waals surface area contributed by atoms with Gasteiger partial charge in [0.2, 0.25) is 10.0 Å². The van der Waals surface area contributed by atoms with Gasteiger partial charge in [-0.05, 0) is 20.3 Å². The minimum absolute atomic E-state index is 0.211. The zero-order valence-corrected chi connectivity index (χ0v) is 13.7. The molecule has 9 heteroatoms. The van der Waals surface area contributed by atoms with E-state index in [1.54, 1.807) is 24.9 Å². The summed E-state index contributed by atoms with van der Waals surface area (Å²) in [5.41, 5.74) is 1.49. The third kappa shape index (κ3) is 3.45. The summed E-state index contributed by atoms with van der Waals surface area (Å²) < 4.78 is 30.1. The molecule has 0 aliphatic rings. The summed E-state index contributed by atoms with van der Waals surface area (Å²) in [6, 6.07) is 0. The van der Waals surface area contributed by atoms with Crippen LogP contribution < -0.4 is 4.72 Å². The summed E-state index contributed by atoms with van der Waals surface area (Å²) >= 11 is 5.91. The fourth-order valence-electron chi connectivity index (χ4n) is 1.90. The highest BCUT2D eigenvalue weighted by atomic mass is 35.5. The van der Waals surface area contributed by atoms with Gasteiger partial charge in [0, 0.05) is 20.1 Å². The molecule has 0 bridgehead atoms. The van der Waals surface area contributed by atoms with Crippen molar-refractivity contribution in [1.82, 2.24) is 24.3 Å². The zero-order chi connectivity index (χ0) is 15.6. The fraction of sp³-hybridized carbons (Fsp3) is 0.500. The Kier molecular flexibility index (Phi) is 4.70. The topological polar surface area (TPSA) is 81.8 Å². The maximum atomic E-state index is 12.1. The highest BCUT2D eigenvalue weighted by Gasteiger charge is 2.19. The Bertz CT molecular complexity index is 735. The van der Waals surface area contributed by atoms with E-state index in [2.05, 4.69) is 14.9 Å². The van der Waals surface area contributed by atoms with Crippen LogP contribution in [0, 0.1) is 13.8 Å². The van der Waals surface area contributed by atoms with Gasteiger partial charge in [-0.15, -0.1) is 0 Å². The van der Waals surface area contributed by atoms with Gasteiger partial charge in [0.05, 0.1) is 28.8 Å². The predicted molar refractivity (Wildman–Crippen MR) is 79.7 cm³/mol. The normalized spacial score (nSPS) is 12.0. The number of rotatable bonds is 6. The van der Waals surface area contributed by atoms with E-state index in [4.69, 9.17) is 11.6 Å². The number of halogens is 1. The summed E-state index contributed by atoms with van der Waals surface area (Å²) in [5.74, 6) is 0. The van der Waals surface area contributed by atoms with Crippen LogP contribution in [0.1, 0.15) is 17.8 Å². The SMILES string of the molecule is Cc1c(S(=O)(=O)NCCCn2ncc(Cl)c2C)cnn1C. The largest absolute Gasteiger partial charge is 0.272 e. The van der Waals surface area contributed by atoms with Crippen molar-refractivity contribution in [3.63, 3.8) is 0 Å². The van der Waals surface area contributed by atoms with Crippen LogP contribution in [0.15, 0.2) is 17.3 Å². The van der Waals surface area contributed by atoms with Crippen LogP contribution in [0.3, 0.4) is 0 Å². The second-order valence-electron chi connectivity index (χ2n) is 4.77. The quantitative estimate of drug-likeness (QED) is 0.808. The highest BCUT2D eigenvalue weighted by Crippen LogP contribution is 2.14. The average molecular weight is 332 g/mol. The van der Waals surface area contributed by atoms with Crippen molar-refractivity contribution in [3.05, 3.63) is 28.8 Å². The van der Waals surface area contributed by atoms with E-state index in [1.165, 1.54) is 10.9 Å². The number of sulfonamides is 1. The lowest BCUT2D eigenvalue weighted by Gasteiger charge is -2.07. The molecule has 2 aromatic rings. The molecule has 7 nitrogen and oxygen atoms in total. The smallest absolute Gasteiger partial charge is 0.243 e. The van der Waals surface area contributed by atoms with Crippen LogP contribution in [-0.2, 0) is 23.6 Å². The molecule has 0 saturated heterocycles. The van der Waals surface area contributed by atoms with Gasteiger partial charge < -0.3 is 0 Å². The molecule has 0 atom stereocenters. The lowest BCUT2D eigenvalue weighted by Crippen LogP contribution is -2.26. The Morgan fingerprint density at radius 2 is 1.95 bits per heavy atom. The third-order valence-corrected chi connectivity index (χ3v) is 5.30. The molecule has 2 rings (SSSR count). The summed E-state index contributed by atoms with van der Waals surface area (Å²) in [6.07, 6.45) is 3.56. The molecule has 0 aliphatic heterocycles. The van der Waals surface area contributed by atoms with E-state index in [9.17, 15) is 8.42 Å². The van der Waals surface area contributed by atoms with Crippen LogP contribution in [0.4, 0.5) is 0 Å². The summed E-state index contributed by atoms with van der Waals surface area (Å²) in [6.45, 7) is 4.52. The van der Waals surface area contributed by atoms with Crippen LogP contribution in [-0.4, -0.2) is 34.5 Å². The Morgan fingerprint density at radius 3 is 2.48 bits per heavy atom. The number of nitrogens with zero attached hydrogens (tertiary/aromatic N) is 4. The highest BCUT2D eigenvalue weighted by molar-refractivity contribution is 7.89. The van der Waals surface area contributed by atoms with Gasteiger partial charge in [-0.25, -0.2) is 13.1 Å². The standard InChI is InChI=1S/C12H18ClN5O2S/c1-9-11(13)7-15-18(9)6-4-5-16-21(19,20)12-8-14-17(3)10(12)2/h7-8,16H,4-6H2,1-3H3. The number of nitrogens with one attached hydrogen (secondary N) is 1.